The van der Waals surface area contributed by atoms with Crippen molar-refractivity contribution in [2.45, 2.75) is 6.10 Å². The van der Waals surface area contributed by atoms with Gasteiger partial charge in [0.25, 0.3) is 0 Å². The summed E-state index contributed by atoms with van der Waals surface area (Å²) in [5.74, 6) is 0.950. The van der Waals surface area contributed by atoms with Crippen LogP contribution < -0.4 is 0 Å². The van der Waals surface area contributed by atoms with E-state index in [9.17, 15) is 5.11 Å². The number of aliphatic hydroxyl groups is 1. The number of rotatable bonds is 2. The topological polar surface area (TPSA) is 20.2 Å². The number of aliphatic hydroxyl groups excluding tert-OH is 1. The number of hydrogen-bond donors (Lipinski definition) is 1. The highest BCUT2D eigenvalue weighted by atomic mass is 16.3. The summed E-state index contributed by atoms with van der Waals surface area (Å²) in [5.41, 5.74) is 0.939. The molecule has 1 saturated carbocycles. The maximum Gasteiger partial charge on any atom is 0.0858 e. The largest absolute Gasteiger partial charge is 0.388 e. The summed E-state index contributed by atoms with van der Waals surface area (Å²) < 4.78 is 0. The summed E-state index contributed by atoms with van der Waals surface area (Å²) in [6.07, 6.45) is 7.23. The van der Waals surface area contributed by atoms with E-state index in [-0.39, 0.29) is 0 Å². The van der Waals surface area contributed by atoms with Crippen LogP contribution in [0.4, 0.5) is 0 Å². The van der Waals surface area contributed by atoms with Gasteiger partial charge in [-0.25, -0.2) is 0 Å². The van der Waals surface area contributed by atoms with Gasteiger partial charge in [-0.2, -0.15) is 0 Å². The number of hydrogen-bond acceptors (Lipinski definition) is 1. The highest BCUT2D eigenvalue weighted by Crippen LogP contribution is 2.34. The first-order chi connectivity index (χ1) is 6.38. The molecule has 0 bridgehead atoms. The molecule has 0 heterocycles. The van der Waals surface area contributed by atoms with Crippen molar-refractivity contribution >= 4 is 0 Å². The molecule has 5 radical (unpaired) electrons. The van der Waals surface area contributed by atoms with Gasteiger partial charge < -0.3 is 5.11 Å². The highest BCUT2D eigenvalue weighted by Gasteiger charge is 2.25. The molecule has 0 amide bonds. The van der Waals surface area contributed by atoms with Crippen LogP contribution in [0, 0.1) is 31.6 Å². The van der Waals surface area contributed by atoms with Crippen molar-refractivity contribution in [3.05, 3.63) is 67.5 Å². The molecular weight excluding hydrogens is 160 g/mol. The van der Waals surface area contributed by atoms with Crippen molar-refractivity contribution < 1.29 is 5.11 Å². The van der Waals surface area contributed by atoms with E-state index in [1.807, 2.05) is 56.0 Å². The van der Waals surface area contributed by atoms with Crippen LogP contribution in [0.15, 0.2) is 30.3 Å². The molecule has 1 nitrogen and oxygen atoms in total. The van der Waals surface area contributed by atoms with Gasteiger partial charge in [0.1, 0.15) is 0 Å². The molecule has 0 saturated heterocycles. The Morgan fingerprint density at radius 3 is 2.15 bits per heavy atom. The third kappa shape index (κ3) is 1.92. The van der Waals surface area contributed by atoms with E-state index in [2.05, 4.69) is 0 Å². The second-order valence-corrected chi connectivity index (χ2v) is 3.03. The monoisotopic (exact) mass is 171 g/mol. The molecule has 0 unspecified atom stereocenters. The second kappa shape index (κ2) is 3.93. The first-order valence-corrected chi connectivity index (χ1v) is 4.32. The van der Waals surface area contributed by atoms with E-state index in [1.54, 1.807) is 0 Å². The van der Waals surface area contributed by atoms with Crippen LogP contribution in [0.5, 0.6) is 0 Å². The molecule has 65 valence electrons. The molecule has 1 atom stereocenters. The summed E-state index contributed by atoms with van der Waals surface area (Å²) in [5, 5.41) is 9.88. The summed E-state index contributed by atoms with van der Waals surface area (Å²) in [6.45, 7) is 0. The Bertz CT molecular complexity index is 249. The molecule has 2 rings (SSSR count). The van der Waals surface area contributed by atoms with Crippen LogP contribution in [-0.2, 0) is 0 Å². The minimum Gasteiger partial charge on any atom is -0.388 e. The van der Waals surface area contributed by atoms with E-state index in [0.29, 0.717) is 0 Å². The van der Waals surface area contributed by atoms with Gasteiger partial charge in [0.2, 0.25) is 0 Å². The minimum atomic E-state index is -0.490. The fourth-order valence-corrected chi connectivity index (χ4v) is 1.40. The van der Waals surface area contributed by atoms with E-state index >= 15 is 0 Å². The lowest BCUT2D eigenvalue weighted by molar-refractivity contribution is 0.200. The smallest absolute Gasteiger partial charge is 0.0858 e. The third-order valence-corrected chi connectivity index (χ3v) is 2.12. The van der Waals surface area contributed by atoms with Gasteiger partial charge in [-0.05, 0) is 31.2 Å². The van der Waals surface area contributed by atoms with E-state index in [4.69, 9.17) is 0 Å². The van der Waals surface area contributed by atoms with Gasteiger partial charge in [0.15, 0.2) is 0 Å². The first kappa shape index (κ1) is 8.76. The molecule has 1 aliphatic carbocycles. The SMILES string of the molecule is O[C@H]([C]1[CH][CH][CH][CH]1)c1ccccc1. The summed E-state index contributed by atoms with van der Waals surface area (Å²) >= 11 is 0. The standard InChI is InChI=1S/C12H11O/c13-12(11-8-4-5-9-11)10-6-2-1-3-7-10/h1-9,12-13H/t12-/m0/s1. The third-order valence-electron chi connectivity index (χ3n) is 2.12. The summed E-state index contributed by atoms with van der Waals surface area (Å²) in [7, 11) is 0. The lowest BCUT2D eigenvalue weighted by Gasteiger charge is -2.16. The van der Waals surface area contributed by atoms with Crippen LogP contribution in [-0.4, -0.2) is 5.11 Å². The summed E-state index contributed by atoms with van der Waals surface area (Å²) in [6, 6.07) is 9.67. The average molecular weight is 171 g/mol. The van der Waals surface area contributed by atoms with Crippen LogP contribution in [0.3, 0.4) is 0 Å². The molecule has 1 aliphatic rings. The second-order valence-electron chi connectivity index (χ2n) is 3.03. The molecule has 1 aromatic rings. The lowest BCUT2D eigenvalue weighted by atomic mass is 9.95. The zero-order valence-corrected chi connectivity index (χ0v) is 7.22. The Morgan fingerprint density at radius 2 is 1.54 bits per heavy atom. The lowest BCUT2D eigenvalue weighted by Crippen LogP contribution is -2.07. The normalized spacial score (nSPS) is 20.4. The molecule has 1 heteroatoms. The van der Waals surface area contributed by atoms with E-state index in [1.165, 1.54) is 0 Å². The predicted molar refractivity (Wildman–Crippen MR) is 51.8 cm³/mol. The molecular formula is C12H11O. The van der Waals surface area contributed by atoms with E-state index < -0.39 is 6.10 Å². The molecule has 0 spiro atoms. The Morgan fingerprint density at radius 1 is 0.923 bits per heavy atom. The fraction of sp³-hybridized carbons (Fsp3) is 0.0833. The van der Waals surface area contributed by atoms with Crippen molar-refractivity contribution in [3.8, 4) is 0 Å². The maximum atomic E-state index is 9.88. The zero-order chi connectivity index (χ0) is 9.10. The van der Waals surface area contributed by atoms with Crippen molar-refractivity contribution in [1.29, 1.82) is 0 Å². The van der Waals surface area contributed by atoms with Gasteiger partial charge in [-0.1, -0.05) is 30.3 Å². The Labute approximate surface area is 79.4 Å². The minimum absolute atomic E-state index is 0.490. The Balaban J connectivity index is 2.08. The predicted octanol–water partition coefficient (Wildman–Crippen LogP) is 2.13. The first-order valence-electron chi connectivity index (χ1n) is 4.32. The molecule has 0 aromatic heterocycles. The maximum absolute atomic E-state index is 9.88. The van der Waals surface area contributed by atoms with Gasteiger partial charge in [0.05, 0.1) is 6.10 Å². The molecule has 1 fully saturated rings. The summed E-state index contributed by atoms with van der Waals surface area (Å²) in [4.78, 5) is 0. The highest BCUT2D eigenvalue weighted by molar-refractivity contribution is 5.41. The van der Waals surface area contributed by atoms with Crippen molar-refractivity contribution in [2.24, 2.45) is 0 Å². The van der Waals surface area contributed by atoms with Gasteiger partial charge >= 0.3 is 0 Å². The van der Waals surface area contributed by atoms with Gasteiger partial charge in [-0.15, -0.1) is 0 Å². The molecule has 0 aliphatic heterocycles. The molecule has 1 aromatic carbocycles. The fourth-order valence-electron chi connectivity index (χ4n) is 1.40. The quantitative estimate of drug-likeness (QED) is 0.722. The van der Waals surface area contributed by atoms with Crippen molar-refractivity contribution in [3.63, 3.8) is 0 Å². The average Bonchev–Trinajstić information content (AvgIpc) is 2.71. The Kier molecular flexibility index (Phi) is 2.65. The van der Waals surface area contributed by atoms with Crippen LogP contribution >= 0.6 is 0 Å². The zero-order valence-electron chi connectivity index (χ0n) is 7.22. The van der Waals surface area contributed by atoms with Crippen molar-refractivity contribution in [2.75, 3.05) is 0 Å². The van der Waals surface area contributed by atoms with Crippen LogP contribution in [0.2, 0.25) is 0 Å². The molecule has 1 N–H and O–H groups in total. The van der Waals surface area contributed by atoms with Crippen molar-refractivity contribution in [1.82, 2.24) is 0 Å². The van der Waals surface area contributed by atoms with E-state index in [0.717, 1.165) is 11.5 Å². The Hall–Kier alpha value is -0.820. The van der Waals surface area contributed by atoms with Crippen LogP contribution in [0.1, 0.15) is 11.7 Å². The van der Waals surface area contributed by atoms with Crippen LogP contribution in [0.25, 0.3) is 0 Å². The molecule has 13 heavy (non-hydrogen) atoms. The van der Waals surface area contributed by atoms with Gasteiger partial charge in [0, 0.05) is 5.92 Å². The van der Waals surface area contributed by atoms with Gasteiger partial charge in [-0.3, -0.25) is 0 Å². The number of benzene rings is 1.